The van der Waals surface area contributed by atoms with Gasteiger partial charge in [-0.2, -0.15) is 0 Å². The zero-order valence-electron chi connectivity index (χ0n) is 16.2. The second-order valence-corrected chi connectivity index (χ2v) is 8.68. The molecule has 1 rings (SSSR count). The minimum absolute atomic E-state index is 0.0372. The molecule has 158 valence electrons. The molecule has 1 amide bonds. The Morgan fingerprint density at radius 3 is 2.36 bits per heavy atom. The molecule has 1 unspecified atom stereocenters. The molecule has 0 aromatic heterocycles. The van der Waals surface area contributed by atoms with Crippen LogP contribution in [0.25, 0.3) is 0 Å². The number of nitrogens with one attached hydrogen (secondary N) is 1. The number of alkyl carbamates (subject to hydrolysis) is 1. The third kappa shape index (κ3) is 11.6. The first-order valence-electron chi connectivity index (χ1n) is 8.72. The number of halogens is 1. The number of carboxylic acids is 1. The lowest BCUT2D eigenvalue weighted by atomic mass is 10.2. The van der Waals surface area contributed by atoms with E-state index in [9.17, 15) is 14.7 Å². The molecule has 0 radical (unpaired) electrons. The Labute approximate surface area is 175 Å². The number of benzene rings is 1. The molecular weight excluding hydrogens is 453 g/mol. The molecule has 1 aromatic rings. The van der Waals surface area contributed by atoms with Crippen molar-refractivity contribution in [2.45, 2.75) is 45.4 Å². The highest BCUT2D eigenvalue weighted by atomic mass is 79.9. The van der Waals surface area contributed by atoms with Crippen molar-refractivity contribution in [3.63, 3.8) is 0 Å². The fourth-order valence-electron chi connectivity index (χ4n) is 1.87. The molecule has 8 nitrogen and oxygen atoms in total. The zero-order valence-corrected chi connectivity index (χ0v) is 18.7. The highest BCUT2D eigenvalue weighted by Crippen LogP contribution is 2.40. The Morgan fingerprint density at radius 2 is 1.79 bits per heavy atom. The van der Waals surface area contributed by atoms with Gasteiger partial charge in [0, 0.05) is 11.8 Å². The quantitative estimate of drug-likeness (QED) is 0.341. The van der Waals surface area contributed by atoms with E-state index in [0.717, 1.165) is 5.56 Å². The molecule has 0 bridgehead atoms. The monoisotopic (exact) mass is 479 g/mol. The summed E-state index contributed by atoms with van der Waals surface area (Å²) in [5.74, 6) is -1.18. The standard InChI is InChI=1S/C18H27BrNO7P/c1-18(2,3)27-17(23)20-15(16(21)22)9-11-24-28(25-12-10-19)26-13-14-7-5-4-6-8-14/h4-8,15H,9-13H2,1-3H3,(H,20,23)(H,21,22)/t15-,28?/m0/s1. The van der Waals surface area contributed by atoms with Crippen LogP contribution in [0.5, 0.6) is 0 Å². The maximum absolute atomic E-state index is 11.8. The largest absolute Gasteiger partial charge is 0.480 e. The van der Waals surface area contributed by atoms with Crippen LogP contribution < -0.4 is 5.32 Å². The molecule has 1 aromatic carbocycles. The molecule has 28 heavy (non-hydrogen) atoms. The average Bonchev–Trinajstić information content (AvgIpc) is 2.61. The summed E-state index contributed by atoms with van der Waals surface area (Å²) >= 11 is 3.27. The Morgan fingerprint density at radius 1 is 1.14 bits per heavy atom. The fraction of sp³-hybridized carbons (Fsp3) is 0.556. The van der Waals surface area contributed by atoms with Crippen molar-refractivity contribution < 1.29 is 33.0 Å². The topological polar surface area (TPSA) is 103 Å². The lowest BCUT2D eigenvalue weighted by Crippen LogP contribution is -2.44. The van der Waals surface area contributed by atoms with Crippen LogP contribution in [0.3, 0.4) is 0 Å². The van der Waals surface area contributed by atoms with E-state index in [1.165, 1.54) is 0 Å². The van der Waals surface area contributed by atoms with E-state index in [2.05, 4.69) is 21.2 Å². The van der Waals surface area contributed by atoms with Crippen molar-refractivity contribution in [3.05, 3.63) is 35.9 Å². The number of alkyl halides is 1. The van der Waals surface area contributed by atoms with E-state index >= 15 is 0 Å². The first-order chi connectivity index (χ1) is 13.2. The number of hydrogen-bond donors (Lipinski definition) is 2. The first kappa shape index (κ1) is 24.8. The number of aliphatic carboxylic acids is 1. The van der Waals surface area contributed by atoms with Crippen molar-refractivity contribution >= 4 is 36.6 Å². The number of carbonyl (C=O) groups is 2. The molecule has 0 fully saturated rings. The maximum Gasteiger partial charge on any atom is 0.408 e. The van der Waals surface area contributed by atoms with E-state index in [1.807, 2.05) is 30.3 Å². The second kappa shape index (κ2) is 13.1. The highest BCUT2D eigenvalue weighted by molar-refractivity contribution is 9.09. The summed E-state index contributed by atoms with van der Waals surface area (Å²) in [5, 5.41) is 12.2. The normalized spacial score (nSPS) is 13.6. The van der Waals surface area contributed by atoms with E-state index < -0.39 is 32.3 Å². The molecule has 0 saturated heterocycles. The summed E-state index contributed by atoms with van der Waals surface area (Å²) < 4.78 is 21.8. The molecule has 0 aliphatic carbocycles. The minimum atomic E-state index is -1.65. The van der Waals surface area contributed by atoms with Gasteiger partial charge in [-0.3, -0.25) is 0 Å². The van der Waals surface area contributed by atoms with Gasteiger partial charge in [-0.1, -0.05) is 46.3 Å². The van der Waals surface area contributed by atoms with Gasteiger partial charge < -0.3 is 28.7 Å². The third-order valence-corrected chi connectivity index (χ3v) is 4.50. The summed E-state index contributed by atoms with van der Waals surface area (Å²) in [7, 11) is -1.65. The summed E-state index contributed by atoms with van der Waals surface area (Å²) in [6, 6.07) is 8.42. The summed E-state index contributed by atoms with van der Waals surface area (Å²) in [6.07, 6.45) is -0.752. The van der Waals surface area contributed by atoms with Crippen LogP contribution in [-0.2, 0) is 29.7 Å². The SMILES string of the molecule is CC(C)(C)OC(=O)N[C@@H](CCOP(OCCBr)OCc1ccccc1)C(=O)O. The van der Waals surface area contributed by atoms with Gasteiger partial charge in [0.1, 0.15) is 11.6 Å². The van der Waals surface area contributed by atoms with Crippen LogP contribution in [0, 0.1) is 0 Å². The minimum Gasteiger partial charge on any atom is -0.480 e. The predicted octanol–water partition coefficient (Wildman–Crippen LogP) is 4.23. The molecule has 0 aliphatic rings. The van der Waals surface area contributed by atoms with Crippen molar-refractivity contribution in [2.75, 3.05) is 18.5 Å². The number of carboxylic acid groups (broad SMARTS) is 1. The van der Waals surface area contributed by atoms with Crippen molar-refractivity contribution in [3.8, 4) is 0 Å². The Bertz CT molecular complexity index is 597. The van der Waals surface area contributed by atoms with Crippen molar-refractivity contribution in [1.29, 1.82) is 0 Å². The molecule has 0 saturated carbocycles. The maximum atomic E-state index is 11.8. The number of amides is 1. The number of carbonyl (C=O) groups excluding carboxylic acids is 1. The van der Waals surface area contributed by atoms with E-state index in [4.69, 9.17) is 18.3 Å². The van der Waals surface area contributed by atoms with Gasteiger partial charge in [-0.15, -0.1) is 0 Å². The van der Waals surface area contributed by atoms with Gasteiger partial charge in [0.2, 0.25) is 0 Å². The van der Waals surface area contributed by atoms with Crippen molar-refractivity contribution in [1.82, 2.24) is 5.32 Å². The third-order valence-electron chi connectivity index (χ3n) is 3.05. The molecule has 0 spiro atoms. The van der Waals surface area contributed by atoms with Crippen LogP contribution in [0.15, 0.2) is 30.3 Å². The molecular formula is C18H27BrNO7P. The van der Waals surface area contributed by atoms with Gasteiger partial charge in [-0.05, 0) is 26.3 Å². The first-order valence-corrected chi connectivity index (χ1v) is 10.9. The Hall–Kier alpha value is -1.25. The van der Waals surface area contributed by atoms with E-state index in [0.29, 0.717) is 18.5 Å². The lowest BCUT2D eigenvalue weighted by Gasteiger charge is -2.22. The van der Waals surface area contributed by atoms with E-state index in [-0.39, 0.29) is 13.0 Å². The molecule has 2 atom stereocenters. The van der Waals surface area contributed by atoms with Crippen LogP contribution in [-0.4, -0.2) is 47.4 Å². The van der Waals surface area contributed by atoms with Crippen LogP contribution in [0.4, 0.5) is 4.79 Å². The molecule has 10 heteroatoms. The predicted molar refractivity (Wildman–Crippen MR) is 109 cm³/mol. The number of rotatable bonds is 12. The summed E-state index contributed by atoms with van der Waals surface area (Å²) in [5.41, 5.74) is 0.253. The number of ether oxygens (including phenoxy) is 1. The van der Waals surface area contributed by atoms with Gasteiger partial charge in [0.05, 0.1) is 19.8 Å². The summed E-state index contributed by atoms with van der Waals surface area (Å²) in [6.45, 7) is 5.83. The molecule has 2 N–H and O–H groups in total. The molecule has 0 heterocycles. The fourth-order valence-corrected chi connectivity index (χ4v) is 3.26. The molecule has 0 aliphatic heterocycles. The van der Waals surface area contributed by atoms with Crippen LogP contribution in [0.2, 0.25) is 0 Å². The Balaban J connectivity index is 2.49. The Kier molecular flexibility index (Phi) is 11.6. The van der Waals surface area contributed by atoms with Gasteiger partial charge in [-0.25, -0.2) is 9.59 Å². The van der Waals surface area contributed by atoms with Gasteiger partial charge in [0.25, 0.3) is 0 Å². The highest BCUT2D eigenvalue weighted by Gasteiger charge is 2.24. The van der Waals surface area contributed by atoms with Gasteiger partial charge >= 0.3 is 20.7 Å². The van der Waals surface area contributed by atoms with Crippen LogP contribution in [0.1, 0.15) is 32.8 Å². The average molecular weight is 480 g/mol. The van der Waals surface area contributed by atoms with Crippen LogP contribution >= 0.6 is 24.5 Å². The lowest BCUT2D eigenvalue weighted by molar-refractivity contribution is -0.139. The van der Waals surface area contributed by atoms with Gasteiger partial charge in [0.15, 0.2) is 0 Å². The second-order valence-electron chi connectivity index (χ2n) is 6.66. The van der Waals surface area contributed by atoms with Crippen molar-refractivity contribution in [2.24, 2.45) is 0 Å². The zero-order chi connectivity index (χ0) is 21.0. The van der Waals surface area contributed by atoms with E-state index in [1.54, 1.807) is 20.8 Å². The summed E-state index contributed by atoms with van der Waals surface area (Å²) in [4.78, 5) is 23.2. The smallest absolute Gasteiger partial charge is 0.408 e. The number of hydrogen-bond acceptors (Lipinski definition) is 6.